The molecule has 0 aliphatic carbocycles. The van der Waals surface area contributed by atoms with Crippen molar-refractivity contribution in [2.24, 2.45) is 11.7 Å². The first kappa shape index (κ1) is 15.2. The zero-order valence-electron chi connectivity index (χ0n) is 11.4. The van der Waals surface area contributed by atoms with Crippen LogP contribution in [0.15, 0.2) is 24.3 Å². The second-order valence-electron chi connectivity index (χ2n) is 4.63. The van der Waals surface area contributed by atoms with Crippen molar-refractivity contribution in [2.45, 2.75) is 13.8 Å². The number of aryl methyl sites for hydroxylation is 1. The summed E-state index contributed by atoms with van der Waals surface area (Å²) in [6, 6.07) is 7.41. The summed E-state index contributed by atoms with van der Waals surface area (Å²) >= 11 is 0. The molecule has 1 rings (SSSR count). The van der Waals surface area contributed by atoms with Gasteiger partial charge < -0.3 is 16.4 Å². The van der Waals surface area contributed by atoms with E-state index in [-0.39, 0.29) is 17.7 Å². The predicted octanol–water partition coefficient (Wildman–Crippen LogP) is 0.436. The minimum absolute atomic E-state index is 0.0928. The lowest BCUT2D eigenvalue weighted by Gasteiger charge is -2.09. The molecule has 0 aliphatic heterocycles. The van der Waals surface area contributed by atoms with E-state index in [4.69, 9.17) is 5.73 Å². The summed E-state index contributed by atoms with van der Waals surface area (Å²) in [5.74, 6) is -0.617. The Kier molecular flexibility index (Phi) is 6.02. The van der Waals surface area contributed by atoms with Crippen LogP contribution in [0.5, 0.6) is 0 Å². The molecule has 1 unspecified atom stereocenters. The second-order valence-corrected chi connectivity index (χ2v) is 4.63. The van der Waals surface area contributed by atoms with Crippen molar-refractivity contribution >= 4 is 11.8 Å². The van der Waals surface area contributed by atoms with Crippen LogP contribution < -0.4 is 16.4 Å². The van der Waals surface area contributed by atoms with Gasteiger partial charge in [-0.2, -0.15) is 0 Å². The standard InChI is InChI=1S/C14H21N3O2/c1-10-3-5-12(6-4-10)14(19)17-8-7-16-9-11(2)13(15)18/h3-6,11,16H,7-9H2,1-2H3,(H2,15,18)(H,17,19). The van der Waals surface area contributed by atoms with E-state index in [0.29, 0.717) is 25.2 Å². The Bertz CT molecular complexity index is 429. The third-order valence-electron chi connectivity index (χ3n) is 2.84. The van der Waals surface area contributed by atoms with Gasteiger partial charge in [0.05, 0.1) is 0 Å². The summed E-state index contributed by atoms with van der Waals surface area (Å²) < 4.78 is 0. The Morgan fingerprint density at radius 3 is 2.42 bits per heavy atom. The van der Waals surface area contributed by atoms with Crippen LogP contribution in [0, 0.1) is 12.8 Å². The number of nitrogens with two attached hydrogens (primary N) is 1. The van der Waals surface area contributed by atoms with E-state index in [9.17, 15) is 9.59 Å². The number of hydrogen-bond donors (Lipinski definition) is 3. The Morgan fingerprint density at radius 1 is 1.21 bits per heavy atom. The molecule has 5 heteroatoms. The van der Waals surface area contributed by atoms with Gasteiger partial charge in [-0.3, -0.25) is 9.59 Å². The number of carbonyl (C=O) groups excluding carboxylic acids is 2. The van der Waals surface area contributed by atoms with E-state index in [1.165, 1.54) is 0 Å². The molecule has 0 saturated heterocycles. The highest BCUT2D eigenvalue weighted by atomic mass is 16.2. The molecule has 1 atom stereocenters. The summed E-state index contributed by atoms with van der Waals surface area (Å²) in [7, 11) is 0. The number of primary amides is 1. The zero-order chi connectivity index (χ0) is 14.3. The van der Waals surface area contributed by atoms with Crippen LogP contribution in [-0.2, 0) is 4.79 Å². The van der Waals surface area contributed by atoms with Gasteiger partial charge in [-0.25, -0.2) is 0 Å². The number of benzene rings is 1. The van der Waals surface area contributed by atoms with Gasteiger partial charge in [0.1, 0.15) is 0 Å². The van der Waals surface area contributed by atoms with E-state index in [2.05, 4.69) is 10.6 Å². The van der Waals surface area contributed by atoms with Crippen molar-refractivity contribution in [1.82, 2.24) is 10.6 Å². The third-order valence-corrected chi connectivity index (χ3v) is 2.84. The van der Waals surface area contributed by atoms with Crippen LogP contribution in [0.3, 0.4) is 0 Å². The van der Waals surface area contributed by atoms with E-state index in [1.54, 1.807) is 19.1 Å². The fraction of sp³-hybridized carbons (Fsp3) is 0.429. The summed E-state index contributed by atoms with van der Waals surface area (Å²) in [5.41, 5.74) is 6.91. The Balaban J connectivity index is 2.21. The van der Waals surface area contributed by atoms with E-state index < -0.39 is 0 Å². The third kappa shape index (κ3) is 5.52. The average molecular weight is 263 g/mol. The number of carbonyl (C=O) groups is 2. The smallest absolute Gasteiger partial charge is 0.251 e. The molecule has 0 heterocycles. The maximum atomic E-state index is 11.7. The van der Waals surface area contributed by atoms with E-state index in [0.717, 1.165) is 5.56 Å². The van der Waals surface area contributed by atoms with Gasteiger partial charge in [0.2, 0.25) is 5.91 Å². The average Bonchev–Trinajstić information content (AvgIpc) is 2.38. The van der Waals surface area contributed by atoms with Crippen molar-refractivity contribution in [1.29, 1.82) is 0 Å². The Labute approximate surface area is 113 Å². The summed E-state index contributed by atoms with van der Waals surface area (Å²) in [4.78, 5) is 22.5. The van der Waals surface area contributed by atoms with Gasteiger partial charge in [-0.1, -0.05) is 24.6 Å². The number of amides is 2. The van der Waals surface area contributed by atoms with Gasteiger partial charge in [0.25, 0.3) is 5.91 Å². The van der Waals surface area contributed by atoms with Gasteiger partial charge >= 0.3 is 0 Å². The lowest BCUT2D eigenvalue weighted by molar-refractivity contribution is -0.121. The first-order chi connectivity index (χ1) is 9.00. The van der Waals surface area contributed by atoms with Crippen LogP contribution >= 0.6 is 0 Å². The first-order valence-corrected chi connectivity index (χ1v) is 6.35. The second kappa shape index (κ2) is 7.53. The lowest BCUT2D eigenvalue weighted by Crippen LogP contribution is -2.36. The van der Waals surface area contributed by atoms with Crippen LogP contribution in [0.1, 0.15) is 22.8 Å². The summed E-state index contributed by atoms with van der Waals surface area (Å²) in [6.07, 6.45) is 0. The molecule has 1 aromatic carbocycles. The van der Waals surface area contributed by atoms with Gasteiger partial charge in [-0.05, 0) is 19.1 Å². The number of nitrogens with one attached hydrogen (secondary N) is 2. The lowest BCUT2D eigenvalue weighted by atomic mass is 10.1. The maximum Gasteiger partial charge on any atom is 0.251 e. The van der Waals surface area contributed by atoms with Crippen LogP contribution in [0.4, 0.5) is 0 Å². The normalized spacial score (nSPS) is 11.9. The molecule has 5 nitrogen and oxygen atoms in total. The van der Waals surface area contributed by atoms with Crippen molar-refractivity contribution in [3.8, 4) is 0 Å². The topological polar surface area (TPSA) is 84.2 Å². The van der Waals surface area contributed by atoms with Crippen LogP contribution in [-0.4, -0.2) is 31.4 Å². The molecule has 1 aromatic rings. The molecule has 2 amide bonds. The Hall–Kier alpha value is -1.88. The quantitative estimate of drug-likeness (QED) is 0.624. The highest BCUT2D eigenvalue weighted by Crippen LogP contribution is 2.02. The van der Waals surface area contributed by atoms with Crippen molar-refractivity contribution < 1.29 is 9.59 Å². The minimum Gasteiger partial charge on any atom is -0.369 e. The van der Waals surface area contributed by atoms with Crippen LogP contribution in [0.2, 0.25) is 0 Å². The fourth-order valence-corrected chi connectivity index (χ4v) is 1.49. The highest BCUT2D eigenvalue weighted by molar-refractivity contribution is 5.94. The molecule has 104 valence electrons. The molecule has 0 saturated carbocycles. The molecule has 0 fully saturated rings. The highest BCUT2D eigenvalue weighted by Gasteiger charge is 2.07. The maximum absolute atomic E-state index is 11.7. The minimum atomic E-state index is -0.323. The van der Waals surface area contributed by atoms with Gasteiger partial charge in [-0.15, -0.1) is 0 Å². The predicted molar refractivity (Wildman–Crippen MR) is 74.7 cm³/mol. The van der Waals surface area contributed by atoms with Crippen molar-refractivity contribution in [2.75, 3.05) is 19.6 Å². The van der Waals surface area contributed by atoms with Crippen molar-refractivity contribution in [3.05, 3.63) is 35.4 Å². The summed E-state index contributed by atoms with van der Waals surface area (Å²) in [5, 5.41) is 5.87. The molecule has 0 spiro atoms. The summed E-state index contributed by atoms with van der Waals surface area (Å²) in [6.45, 7) is 5.38. The fourth-order valence-electron chi connectivity index (χ4n) is 1.49. The zero-order valence-corrected chi connectivity index (χ0v) is 11.4. The SMILES string of the molecule is Cc1ccc(C(=O)NCCNCC(C)C(N)=O)cc1. The van der Waals surface area contributed by atoms with Gasteiger partial charge in [0.15, 0.2) is 0 Å². The van der Waals surface area contributed by atoms with Gasteiger partial charge in [0, 0.05) is 31.1 Å². The molecular weight excluding hydrogens is 242 g/mol. The molecule has 19 heavy (non-hydrogen) atoms. The molecule has 0 bridgehead atoms. The van der Waals surface area contributed by atoms with Crippen molar-refractivity contribution in [3.63, 3.8) is 0 Å². The molecule has 4 N–H and O–H groups in total. The Morgan fingerprint density at radius 2 is 1.84 bits per heavy atom. The van der Waals surface area contributed by atoms with Crippen LogP contribution in [0.25, 0.3) is 0 Å². The van der Waals surface area contributed by atoms with E-state index in [1.807, 2.05) is 19.1 Å². The molecule has 0 aromatic heterocycles. The number of hydrogen-bond acceptors (Lipinski definition) is 3. The van der Waals surface area contributed by atoms with E-state index >= 15 is 0 Å². The first-order valence-electron chi connectivity index (χ1n) is 6.35. The molecule has 0 aliphatic rings. The largest absolute Gasteiger partial charge is 0.369 e. The monoisotopic (exact) mass is 263 g/mol. The number of rotatable bonds is 7. The molecule has 0 radical (unpaired) electrons. The molecular formula is C14H21N3O2.